The molecule has 2 aromatic carbocycles. The molecule has 1 heterocycles. The molecule has 0 unspecified atom stereocenters. The summed E-state index contributed by atoms with van der Waals surface area (Å²) in [5.41, 5.74) is 0.756. The molecule has 3 rings (SSSR count). The fraction of sp³-hybridized carbons (Fsp3) is 0.167. The van der Waals surface area contributed by atoms with Crippen LogP contribution in [0.25, 0.3) is 0 Å². The van der Waals surface area contributed by atoms with Crippen molar-refractivity contribution in [3.63, 3.8) is 0 Å². The molecule has 1 amide bonds. The average Bonchev–Trinajstić information content (AvgIpc) is 2.66. The number of amides is 1. The lowest BCUT2D eigenvalue weighted by Gasteiger charge is -2.17. The standard InChI is InChI=1S/C18H16FN3O5S/c19-12-5-7-13(8-6-12)20-17(23)11-27-18(24)10-9-16-21-14-3-1-2-4-15(14)28(25,26)22-16/h1-8H,9-11H2,(H,20,23)(H,21,22). The molecule has 0 saturated carbocycles. The summed E-state index contributed by atoms with van der Waals surface area (Å²) in [5.74, 6) is -1.58. The number of benzene rings is 2. The maximum Gasteiger partial charge on any atom is 0.306 e. The van der Waals surface area contributed by atoms with Gasteiger partial charge in [0.1, 0.15) is 16.5 Å². The molecular formula is C18H16FN3O5S. The highest BCUT2D eigenvalue weighted by atomic mass is 32.2. The summed E-state index contributed by atoms with van der Waals surface area (Å²) in [4.78, 5) is 23.6. The molecule has 0 spiro atoms. The number of hydrogen-bond acceptors (Lipinski definition) is 6. The summed E-state index contributed by atoms with van der Waals surface area (Å²) in [7, 11) is -3.82. The maximum absolute atomic E-state index is 12.8. The van der Waals surface area contributed by atoms with E-state index >= 15 is 0 Å². The number of fused-ring (bicyclic) bond motifs is 1. The Morgan fingerprint density at radius 2 is 1.82 bits per heavy atom. The zero-order valence-electron chi connectivity index (χ0n) is 14.5. The molecule has 0 aromatic heterocycles. The average molecular weight is 405 g/mol. The molecule has 0 aliphatic carbocycles. The van der Waals surface area contributed by atoms with Crippen molar-refractivity contribution < 1.29 is 27.1 Å². The lowest BCUT2D eigenvalue weighted by molar-refractivity contribution is -0.147. The highest BCUT2D eigenvalue weighted by molar-refractivity contribution is 7.90. The number of ether oxygens (including phenoxy) is 1. The Hall–Kier alpha value is -3.27. The Morgan fingerprint density at radius 1 is 1.11 bits per heavy atom. The summed E-state index contributed by atoms with van der Waals surface area (Å²) < 4.78 is 45.5. The SMILES string of the molecule is O=C(COC(=O)CCC1=NS(=O)(=O)c2ccccc2N1)Nc1ccc(F)cc1. The molecule has 1 aliphatic rings. The van der Waals surface area contributed by atoms with E-state index in [1.165, 1.54) is 30.3 Å². The monoisotopic (exact) mass is 405 g/mol. The number of anilines is 2. The van der Waals surface area contributed by atoms with Crippen molar-refractivity contribution in [2.75, 3.05) is 17.2 Å². The zero-order valence-corrected chi connectivity index (χ0v) is 15.3. The number of rotatable bonds is 6. The largest absolute Gasteiger partial charge is 0.456 e. The van der Waals surface area contributed by atoms with Gasteiger partial charge in [-0.3, -0.25) is 9.59 Å². The second-order valence-corrected chi connectivity index (χ2v) is 7.42. The van der Waals surface area contributed by atoms with E-state index in [0.717, 1.165) is 0 Å². The van der Waals surface area contributed by atoms with Crippen LogP contribution in [-0.2, 0) is 24.3 Å². The predicted molar refractivity (Wildman–Crippen MR) is 99.9 cm³/mol. The van der Waals surface area contributed by atoms with E-state index < -0.39 is 34.3 Å². The van der Waals surface area contributed by atoms with Gasteiger partial charge >= 0.3 is 5.97 Å². The number of carbonyl (C=O) groups is 2. The van der Waals surface area contributed by atoms with Crippen LogP contribution in [0.1, 0.15) is 12.8 Å². The quantitative estimate of drug-likeness (QED) is 0.713. The fourth-order valence-corrected chi connectivity index (χ4v) is 3.62. The molecule has 146 valence electrons. The van der Waals surface area contributed by atoms with Crippen LogP contribution in [-0.4, -0.2) is 32.7 Å². The molecule has 10 heteroatoms. The van der Waals surface area contributed by atoms with Gasteiger partial charge in [0.2, 0.25) is 0 Å². The molecule has 2 N–H and O–H groups in total. The Labute approximate surface area is 160 Å². The van der Waals surface area contributed by atoms with Crippen molar-refractivity contribution in [3.05, 3.63) is 54.3 Å². The predicted octanol–water partition coefficient (Wildman–Crippen LogP) is 2.30. The highest BCUT2D eigenvalue weighted by Gasteiger charge is 2.24. The van der Waals surface area contributed by atoms with Crippen LogP contribution in [0.15, 0.2) is 57.8 Å². The van der Waals surface area contributed by atoms with Gasteiger partial charge in [0, 0.05) is 12.1 Å². The normalized spacial score (nSPS) is 14.2. The molecule has 0 fully saturated rings. The van der Waals surface area contributed by atoms with Gasteiger partial charge in [-0.15, -0.1) is 4.40 Å². The van der Waals surface area contributed by atoms with E-state index in [1.54, 1.807) is 18.2 Å². The van der Waals surface area contributed by atoms with Crippen molar-refractivity contribution in [3.8, 4) is 0 Å². The zero-order chi connectivity index (χ0) is 20.1. The van der Waals surface area contributed by atoms with Crippen molar-refractivity contribution in [2.24, 2.45) is 4.40 Å². The number of para-hydroxylation sites is 1. The number of sulfonamides is 1. The summed E-state index contributed by atoms with van der Waals surface area (Å²) in [5, 5.41) is 5.32. The minimum Gasteiger partial charge on any atom is -0.456 e. The van der Waals surface area contributed by atoms with Gasteiger partial charge in [-0.2, -0.15) is 8.42 Å². The third-order valence-corrected chi connectivity index (χ3v) is 5.11. The van der Waals surface area contributed by atoms with Crippen LogP contribution < -0.4 is 10.6 Å². The smallest absolute Gasteiger partial charge is 0.306 e. The highest BCUT2D eigenvalue weighted by Crippen LogP contribution is 2.27. The second kappa shape index (κ2) is 8.17. The Morgan fingerprint density at radius 3 is 2.57 bits per heavy atom. The molecule has 0 atom stereocenters. The number of nitrogens with one attached hydrogen (secondary N) is 2. The van der Waals surface area contributed by atoms with Crippen LogP contribution >= 0.6 is 0 Å². The van der Waals surface area contributed by atoms with Crippen molar-refractivity contribution in [1.29, 1.82) is 0 Å². The van der Waals surface area contributed by atoms with Crippen LogP contribution in [0.5, 0.6) is 0 Å². The minimum atomic E-state index is -3.82. The molecule has 2 aromatic rings. The maximum atomic E-state index is 12.8. The van der Waals surface area contributed by atoms with E-state index in [2.05, 4.69) is 15.0 Å². The van der Waals surface area contributed by atoms with E-state index in [9.17, 15) is 22.4 Å². The first-order valence-electron chi connectivity index (χ1n) is 8.24. The molecular weight excluding hydrogens is 389 g/mol. The third kappa shape index (κ3) is 4.92. The van der Waals surface area contributed by atoms with E-state index in [0.29, 0.717) is 11.4 Å². The van der Waals surface area contributed by atoms with Gasteiger partial charge < -0.3 is 15.4 Å². The van der Waals surface area contributed by atoms with Gasteiger partial charge in [0.15, 0.2) is 6.61 Å². The van der Waals surface area contributed by atoms with Crippen LogP contribution in [0.3, 0.4) is 0 Å². The summed E-state index contributed by atoms with van der Waals surface area (Å²) in [6.07, 6.45) is -0.153. The Kier molecular flexibility index (Phi) is 5.69. The van der Waals surface area contributed by atoms with Crippen molar-refractivity contribution in [1.82, 2.24) is 0 Å². The van der Waals surface area contributed by atoms with E-state index in [-0.39, 0.29) is 23.6 Å². The second-order valence-electron chi connectivity index (χ2n) is 5.85. The topological polar surface area (TPSA) is 114 Å². The number of halogens is 1. The third-order valence-electron chi connectivity index (χ3n) is 3.73. The lowest BCUT2D eigenvalue weighted by atomic mass is 10.2. The lowest BCUT2D eigenvalue weighted by Crippen LogP contribution is -2.24. The summed E-state index contributed by atoms with van der Waals surface area (Å²) >= 11 is 0. The van der Waals surface area contributed by atoms with Gasteiger partial charge in [-0.05, 0) is 36.4 Å². The molecule has 28 heavy (non-hydrogen) atoms. The first-order chi connectivity index (χ1) is 13.3. The van der Waals surface area contributed by atoms with E-state index in [4.69, 9.17) is 4.74 Å². The molecule has 0 saturated heterocycles. The molecule has 0 radical (unpaired) electrons. The number of amidine groups is 1. The van der Waals surface area contributed by atoms with Gasteiger partial charge in [-0.25, -0.2) is 4.39 Å². The van der Waals surface area contributed by atoms with E-state index in [1.807, 2.05) is 0 Å². The van der Waals surface area contributed by atoms with Gasteiger partial charge in [0.05, 0.1) is 12.1 Å². The Bertz CT molecular complexity index is 1040. The van der Waals surface area contributed by atoms with Gasteiger partial charge in [-0.1, -0.05) is 12.1 Å². The number of nitrogens with zero attached hydrogens (tertiary/aromatic N) is 1. The summed E-state index contributed by atoms with van der Waals surface area (Å²) in [6, 6.07) is 11.4. The van der Waals surface area contributed by atoms with Crippen LogP contribution in [0, 0.1) is 5.82 Å². The minimum absolute atomic E-state index is 0.00593. The van der Waals surface area contributed by atoms with Crippen LogP contribution in [0.4, 0.5) is 15.8 Å². The number of carbonyl (C=O) groups excluding carboxylic acids is 2. The molecule has 8 nitrogen and oxygen atoms in total. The molecule has 0 bridgehead atoms. The van der Waals surface area contributed by atoms with Gasteiger partial charge in [0.25, 0.3) is 15.9 Å². The fourth-order valence-electron chi connectivity index (χ4n) is 2.44. The molecule has 1 aliphatic heterocycles. The number of esters is 1. The first kappa shape index (κ1) is 19.5. The van der Waals surface area contributed by atoms with Crippen LogP contribution in [0.2, 0.25) is 0 Å². The van der Waals surface area contributed by atoms with Crippen molar-refractivity contribution >= 4 is 39.1 Å². The number of hydrogen-bond donors (Lipinski definition) is 2. The van der Waals surface area contributed by atoms with Crippen molar-refractivity contribution in [2.45, 2.75) is 17.7 Å². The first-order valence-corrected chi connectivity index (χ1v) is 9.68. The summed E-state index contributed by atoms with van der Waals surface area (Å²) in [6.45, 7) is -0.517. The Balaban J connectivity index is 1.48.